The summed E-state index contributed by atoms with van der Waals surface area (Å²) >= 11 is 7.49. The largest absolute Gasteiger partial charge is 0.454 e. The molecule has 0 fully saturated rings. The number of halogens is 1. The van der Waals surface area contributed by atoms with Crippen molar-refractivity contribution in [3.63, 3.8) is 0 Å². The molecule has 0 bridgehead atoms. The lowest BCUT2D eigenvalue weighted by Gasteiger charge is -2.00. The minimum absolute atomic E-state index is 0.274. The van der Waals surface area contributed by atoms with Crippen molar-refractivity contribution < 1.29 is 9.47 Å². The monoisotopic (exact) mass is 316 g/mol. The van der Waals surface area contributed by atoms with Gasteiger partial charge in [-0.2, -0.15) is 0 Å². The molecule has 104 valence electrons. The smallest absolute Gasteiger partial charge is 0.231 e. The number of nitrogens with zero attached hydrogens (tertiary/aromatic N) is 2. The maximum absolute atomic E-state index is 5.92. The van der Waals surface area contributed by atoms with Gasteiger partial charge in [-0.05, 0) is 30.3 Å². The first kappa shape index (κ1) is 12.6. The number of aromatic nitrogens is 2. The van der Waals surface area contributed by atoms with E-state index in [1.54, 1.807) is 17.5 Å². The van der Waals surface area contributed by atoms with Crippen molar-refractivity contribution >= 4 is 22.9 Å². The highest BCUT2D eigenvalue weighted by Gasteiger charge is 2.15. The van der Waals surface area contributed by atoms with Crippen LogP contribution in [0.2, 0.25) is 5.15 Å². The Morgan fingerprint density at radius 1 is 1.05 bits per heavy atom. The van der Waals surface area contributed by atoms with E-state index >= 15 is 0 Å². The van der Waals surface area contributed by atoms with Gasteiger partial charge in [-0.3, -0.25) is 0 Å². The van der Waals surface area contributed by atoms with Gasteiger partial charge < -0.3 is 9.47 Å². The molecule has 1 aliphatic heterocycles. The Morgan fingerprint density at radius 2 is 1.95 bits per heavy atom. The van der Waals surface area contributed by atoms with Gasteiger partial charge in [0.15, 0.2) is 11.5 Å². The number of benzene rings is 1. The quantitative estimate of drug-likeness (QED) is 0.663. The van der Waals surface area contributed by atoms with Crippen LogP contribution in [-0.2, 0) is 0 Å². The summed E-state index contributed by atoms with van der Waals surface area (Å²) in [6, 6.07) is 9.53. The van der Waals surface area contributed by atoms with E-state index in [2.05, 4.69) is 9.97 Å². The Balaban J connectivity index is 1.71. The van der Waals surface area contributed by atoms with Gasteiger partial charge in [0.1, 0.15) is 10.2 Å². The molecule has 2 aromatic heterocycles. The lowest BCUT2D eigenvalue weighted by atomic mass is 10.1. The summed E-state index contributed by atoms with van der Waals surface area (Å²) in [6.07, 6.45) is 1.68. The van der Waals surface area contributed by atoms with Crippen LogP contribution in [0.25, 0.3) is 21.8 Å². The molecule has 3 aromatic rings. The summed E-state index contributed by atoms with van der Waals surface area (Å²) in [7, 11) is 0. The molecule has 0 radical (unpaired) electrons. The molecule has 6 heteroatoms. The molecule has 0 saturated carbocycles. The van der Waals surface area contributed by atoms with E-state index in [0.717, 1.165) is 33.3 Å². The average molecular weight is 317 g/mol. The maximum atomic E-state index is 5.92. The molecular weight excluding hydrogens is 308 g/mol. The number of hydrogen-bond donors (Lipinski definition) is 0. The molecule has 0 unspecified atom stereocenters. The Labute approximate surface area is 130 Å². The van der Waals surface area contributed by atoms with Crippen molar-refractivity contribution in [2.45, 2.75) is 0 Å². The highest BCUT2D eigenvalue weighted by molar-refractivity contribution is 7.13. The molecule has 4 nitrogen and oxygen atoms in total. The van der Waals surface area contributed by atoms with Crippen LogP contribution in [0.3, 0.4) is 0 Å². The third-order valence-corrected chi connectivity index (χ3v) is 4.24. The first-order valence-corrected chi connectivity index (χ1v) is 7.53. The summed E-state index contributed by atoms with van der Waals surface area (Å²) in [5, 5.41) is 3.39. The third-order valence-electron chi connectivity index (χ3n) is 3.15. The molecule has 0 amide bonds. The SMILES string of the molecule is Clc1cc(-c2nc(-c3ccc4c(c3)OCO4)cs2)ccn1. The third kappa shape index (κ3) is 2.34. The number of hydrogen-bond acceptors (Lipinski definition) is 5. The number of fused-ring (bicyclic) bond motifs is 1. The predicted octanol–water partition coefficient (Wildman–Crippen LogP) is 4.25. The van der Waals surface area contributed by atoms with Crippen molar-refractivity contribution in [1.29, 1.82) is 0 Å². The summed E-state index contributed by atoms with van der Waals surface area (Å²) in [5.74, 6) is 1.53. The first-order chi connectivity index (χ1) is 10.3. The number of rotatable bonds is 2. The molecular formula is C15H9ClN2O2S. The van der Waals surface area contributed by atoms with Gasteiger partial charge in [-0.1, -0.05) is 11.6 Å². The van der Waals surface area contributed by atoms with E-state index in [-0.39, 0.29) is 6.79 Å². The van der Waals surface area contributed by atoms with Crippen LogP contribution in [0.4, 0.5) is 0 Å². The van der Waals surface area contributed by atoms with Crippen LogP contribution in [0.1, 0.15) is 0 Å². The van der Waals surface area contributed by atoms with E-state index in [1.807, 2.05) is 35.7 Å². The van der Waals surface area contributed by atoms with E-state index in [9.17, 15) is 0 Å². The molecule has 1 aromatic carbocycles. The molecule has 3 heterocycles. The van der Waals surface area contributed by atoms with Gasteiger partial charge in [0.05, 0.1) is 5.69 Å². The maximum Gasteiger partial charge on any atom is 0.231 e. The van der Waals surface area contributed by atoms with Crippen LogP contribution in [0.5, 0.6) is 11.5 Å². The lowest BCUT2D eigenvalue weighted by molar-refractivity contribution is 0.174. The molecule has 1 aliphatic rings. The van der Waals surface area contributed by atoms with Gasteiger partial charge in [-0.15, -0.1) is 11.3 Å². The lowest BCUT2D eigenvalue weighted by Crippen LogP contribution is -1.92. The zero-order chi connectivity index (χ0) is 14.2. The fourth-order valence-electron chi connectivity index (χ4n) is 2.13. The number of ether oxygens (including phenoxy) is 2. The zero-order valence-electron chi connectivity index (χ0n) is 10.7. The molecule has 0 spiro atoms. The summed E-state index contributed by atoms with van der Waals surface area (Å²) < 4.78 is 10.7. The summed E-state index contributed by atoms with van der Waals surface area (Å²) in [6.45, 7) is 0.274. The Kier molecular flexibility index (Phi) is 3.02. The topological polar surface area (TPSA) is 44.2 Å². The van der Waals surface area contributed by atoms with Crippen LogP contribution < -0.4 is 9.47 Å². The molecule has 0 aliphatic carbocycles. The van der Waals surface area contributed by atoms with Crippen LogP contribution in [0.15, 0.2) is 41.9 Å². The van der Waals surface area contributed by atoms with Crippen LogP contribution >= 0.6 is 22.9 Å². The highest BCUT2D eigenvalue weighted by Crippen LogP contribution is 2.37. The Bertz CT molecular complexity index is 819. The van der Waals surface area contributed by atoms with Gasteiger partial charge in [0.2, 0.25) is 6.79 Å². The average Bonchev–Trinajstić information content (AvgIpc) is 3.15. The molecule has 0 saturated heterocycles. The van der Waals surface area contributed by atoms with Gasteiger partial charge in [-0.25, -0.2) is 9.97 Å². The molecule has 4 rings (SSSR count). The van der Waals surface area contributed by atoms with Crippen LogP contribution in [-0.4, -0.2) is 16.8 Å². The Hall–Kier alpha value is -2.11. The summed E-state index contributed by atoms with van der Waals surface area (Å²) in [4.78, 5) is 8.63. The summed E-state index contributed by atoms with van der Waals surface area (Å²) in [5.41, 5.74) is 2.87. The van der Waals surface area contributed by atoms with Crippen molar-refractivity contribution in [3.8, 4) is 33.3 Å². The molecule has 21 heavy (non-hydrogen) atoms. The number of thiazole rings is 1. The standard InChI is InChI=1S/C15H9ClN2O2S/c16-14-6-10(3-4-17-14)15-18-11(7-21-15)9-1-2-12-13(5-9)20-8-19-12/h1-7H,8H2. The molecule has 0 N–H and O–H groups in total. The second-order valence-corrected chi connectivity index (χ2v) is 5.72. The minimum Gasteiger partial charge on any atom is -0.454 e. The second kappa shape index (κ2) is 5.02. The fraction of sp³-hybridized carbons (Fsp3) is 0.0667. The first-order valence-electron chi connectivity index (χ1n) is 6.27. The Morgan fingerprint density at radius 3 is 2.86 bits per heavy atom. The van der Waals surface area contributed by atoms with E-state index in [0.29, 0.717) is 5.15 Å². The van der Waals surface area contributed by atoms with Gasteiger partial charge in [0.25, 0.3) is 0 Å². The normalized spacial score (nSPS) is 12.6. The second-order valence-electron chi connectivity index (χ2n) is 4.47. The zero-order valence-corrected chi connectivity index (χ0v) is 12.3. The number of pyridine rings is 1. The molecule has 0 atom stereocenters. The fourth-order valence-corrected chi connectivity index (χ4v) is 3.13. The van der Waals surface area contributed by atoms with Crippen molar-refractivity contribution in [3.05, 3.63) is 47.1 Å². The van der Waals surface area contributed by atoms with Crippen LogP contribution in [0, 0.1) is 0 Å². The van der Waals surface area contributed by atoms with Gasteiger partial charge in [0, 0.05) is 22.7 Å². The van der Waals surface area contributed by atoms with Crippen molar-refractivity contribution in [1.82, 2.24) is 9.97 Å². The van der Waals surface area contributed by atoms with E-state index < -0.39 is 0 Å². The predicted molar refractivity (Wildman–Crippen MR) is 81.9 cm³/mol. The minimum atomic E-state index is 0.274. The van der Waals surface area contributed by atoms with Gasteiger partial charge >= 0.3 is 0 Å². The van der Waals surface area contributed by atoms with E-state index in [4.69, 9.17) is 21.1 Å². The van der Waals surface area contributed by atoms with Crippen molar-refractivity contribution in [2.24, 2.45) is 0 Å². The van der Waals surface area contributed by atoms with Crippen molar-refractivity contribution in [2.75, 3.05) is 6.79 Å². The highest BCUT2D eigenvalue weighted by atomic mass is 35.5. The van der Waals surface area contributed by atoms with E-state index in [1.165, 1.54) is 0 Å².